The summed E-state index contributed by atoms with van der Waals surface area (Å²) in [5.74, 6) is -0.198. The number of nitrogens with one attached hydrogen (secondary N) is 2. The van der Waals surface area contributed by atoms with Crippen LogP contribution in [0.15, 0.2) is 30.6 Å². The fourth-order valence-corrected chi connectivity index (χ4v) is 1.87. The number of halogens is 3. The Labute approximate surface area is 118 Å². The Bertz CT molecular complexity index is 637. The monoisotopic (exact) mass is 298 g/mol. The van der Waals surface area contributed by atoms with Gasteiger partial charge >= 0.3 is 6.18 Å². The van der Waals surface area contributed by atoms with E-state index in [-0.39, 0.29) is 5.56 Å². The summed E-state index contributed by atoms with van der Waals surface area (Å²) in [5, 5.41) is 2.54. The molecule has 1 amide bonds. The number of imidazole rings is 1. The first-order valence-electron chi connectivity index (χ1n) is 6.06. The number of anilines is 1. The Hall–Kier alpha value is -2.51. The predicted molar refractivity (Wildman–Crippen MR) is 70.3 cm³/mol. The van der Waals surface area contributed by atoms with Crippen LogP contribution in [0.1, 0.15) is 34.7 Å². The largest absolute Gasteiger partial charge is 0.418 e. The Morgan fingerprint density at radius 2 is 2.14 bits per heavy atom. The van der Waals surface area contributed by atoms with Crippen molar-refractivity contribution in [1.29, 1.82) is 0 Å². The lowest BCUT2D eigenvalue weighted by Gasteiger charge is -2.15. The van der Waals surface area contributed by atoms with Crippen molar-refractivity contribution in [2.24, 2.45) is 0 Å². The molecule has 1 heterocycles. The third kappa shape index (κ3) is 3.15. The van der Waals surface area contributed by atoms with Crippen molar-refractivity contribution in [2.45, 2.75) is 19.1 Å². The molecule has 4 N–H and O–H groups in total. The van der Waals surface area contributed by atoms with Gasteiger partial charge in [-0.05, 0) is 19.1 Å². The molecule has 112 valence electrons. The van der Waals surface area contributed by atoms with Crippen molar-refractivity contribution in [2.75, 3.05) is 5.73 Å². The highest BCUT2D eigenvalue weighted by atomic mass is 19.4. The van der Waals surface area contributed by atoms with Gasteiger partial charge in [-0.2, -0.15) is 13.2 Å². The van der Waals surface area contributed by atoms with Gasteiger partial charge in [0.05, 0.1) is 22.9 Å². The molecule has 1 unspecified atom stereocenters. The third-order valence-electron chi connectivity index (χ3n) is 2.93. The van der Waals surface area contributed by atoms with E-state index in [0.717, 1.165) is 12.1 Å². The highest BCUT2D eigenvalue weighted by molar-refractivity contribution is 6.00. The van der Waals surface area contributed by atoms with Gasteiger partial charge in [0, 0.05) is 12.4 Å². The Morgan fingerprint density at radius 1 is 1.43 bits per heavy atom. The van der Waals surface area contributed by atoms with Gasteiger partial charge in [0.15, 0.2) is 0 Å². The zero-order valence-electron chi connectivity index (χ0n) is 11.0. The number of hydrogen-bond acceptors (Lipinski definition) is 3. The molecule has 1 atom stereocenters. The molecule has 2 rings (SSSR count). The Kier molecular flexibility index (Phi) is 3.88. The van der Waals surface area contributed by atoms with Crippen LogP contribution in [0.2, 0.25) is 0 Å². The van der Waals surface area contributed by atoms with E-state index in [0.29, 0.717) is 5.82 Å². The molecule has 0 saturated heterocycles. The number of hydrogen-bond donors (Lipinski definition) is 3. The second-order valence-corrected chi connectivity index (χ2v) is 4.43. The van der Waals surface area contributed by atoms with Gasteiger partial charge in [0.1, 0.15) is 5.82 Å². The standard InChI is InChI=1S/C13H13F3N4O/c1-7(11-18-5-6-19-11)20-12(21)8-3-2-4-9(10(8)17)13(14,15)16/h2-7H,17H2,1H3,(H,18,19)(H,20,21). The lowest BCUT2D eigenvalue weighted by Crippen LogP contribution is -2.28. The molecule has 0 aliphatic heterocycles. The van der Waals surface area contributed by atoms with E-state index in [1.54, 1.807) is 13.1 Å². The summed E-state index contributed by atoms with van der Waals surface area (Å²) in [5.41, 5.74) is 3.63. The lowest BCUT2D eigenvalue weighted by molar-refractivity contribution is -0.136. The molecule has 1 aromatic heterocycles. The van der Waals surface area contributed by atoms with Gasteiger partial charge in [-0.3, -0.25) is 4.79 Å². The smallest absolute Gasteiger partial charge is 0.398 e. The molecule has 21 heavy (non-hydrogen) atoms. The molecule has 0 radical (unpaired) electrons. The first-order valence-corrected chi connectivity index (χ1v) is 6.06. The van der Waals surface area contributed by atoms with Gasteiger partial charge < -0.3 is 16.0 Å². The van der Waals surface area contributed by atoms with Crippen molar-refractivity contribution >= 4 is 11.6 Å². The molecule has 0 spiro atoms. The molecule has 0 fully saturated rings. The number of nitrogen functional groups attached to an aromatic ring is 1. The van der Waals surface area contributed by atoms with Crippen LogP contribution < -0.4 is 11.1 Å². The summed E-state index contributed by atoms with van der Waals surface area (Å²) in [7, 11) is 0. The van der Waals surface area contributed by atoms with E-state index in [1.165, 1.54) is 12.3 Å². The van der Waals surface area contributed by atoms with Gasteiger partial charge in [-0.25, -0.2) is 4.98 Å². The van der Waals surface area contributed by atoms with Gasteiger partial charge in [0.2, 0.25) is 0 Å². The number of carbonyl (C=O) groups excluding carboxylic acids is 1. The number of benzene rings is 1. The maximum Gasteiger partial charge on any atom is 0.418 e. The number of rotatable bonds is 3. The van der Waals surface area contributed by atoms with Crippen molar-refractivity contribution in [1.82, 2.24) is 15.3 Å². The summed E-state index contributed by atoms with van der Waals surface area (Å²) >= 11 is 0. The van der Waals surface area contributed by atoms with E-state index >= 15 is 0 Å². The minimum Gasteiger partial charge on any atom is -0.398 e. The number of aromatic nitrogens is 2. The van der Waals surface area contributed by atoms with Crippen molar-refractivity contribution in [3.63, 3.8) is 0 Å². The van der Waals surface area contributed by atoms with Gasteiger partial charge in [0.25, 0.3) is 5.91 Å². The van der Waals surface area contributed by atoms with Crippen LogP contribution in [0.4, 0.5) is 18.9 Å². The molecule has 0 aliphatic carbocycles. The lowest BCUT2D eigenvalue weighted by atomic mass is 10.1. The normalized spacial score (nSPS) is 13.0. The van der Waals surface area contributed by atoms with Crippen molar-refractivity contribution < 1.29 is 18.0 Å². The summed E-state index contributed by atoms with van der Waals surface area (Å²) in [6, 6.07) is 2.74. The van der Waals surface area contributed by atoms with E-state index < -0.39 is 29.4 Å². The SMILES string of the molecule is CC(NC(=O)c1cccc(C(F)(F)F)c1N)c1ncc[nH]1. The summed E-state index contributed by atoms with van der Waals surface area (Å²) in [4.78, 5) is 18.8. The molecule has 1 aromatic carbocycles. The Balaban J connectivity index is 2.24. The molecule has 0 aliphatic rings. The van der Waals surface area contributed by atoms with Crippen LogP contribution >= 0.6 is 0 Å². The van der Waals surface area contributed by atoms with E-state index in [1.807, 2.05) is 0 Å². The van der Waals surface area contributed by atoms with Crippen molar-refractivity contribution in [3.8, 4) is 0 Å². The number of para-hydroxylation sites is 1. The van der Waals surface area contributed by atoms with Crippen LogP contribution in [-0.4, -0.2) is 15.9 Å². The topological polar surface area (TPSA) is 83.8 Å². The second-order valence-electron chi connectivity index (χ2n) is 4.43. The molecular weight excluding hydrogens is 285 g/mol. The van der Waals surface area contributed by atoms with E-state index in [2.05, 4.69) is 15.3 Å². The predicted octanol–water partition coefficient (Wildman–Crippen LogP) is 2.50. The quantitative estimate of drug-likeness (QED) is 0.761. The van der Waals surface area contributed by atoms with Gasteiger partial charge in [-0.1, -0.05) is 6.07 Å². The van der Waals surface area contributed by atoms with Crippen LogP contribution in [-0.2, 0) is 6.18 Å². The van der Waals surface area contributed by atoms with E-state index in [4.69, 9.17) is 5.73 Å². The van der Waals surface area contributed by atoms with Crippen LogP contribution in [0.25, 0.3) is 0 Å². The number of alkyl halides is 3. The first kappa shape index (κ1) is 14.9. The maximum absolute atomic E-state index is 12.8. The molecule has 5 nitrogen and oxygen atoms in total. The number of H-pyrrole nitrogens is 1. The molecule has 0 bridgehead atoms. The number of nitrogens with zero attached hydrogens (tertiary/aromatic N) is 1. The third-order valence-corrected chi connectivity index (χ3v) is 2.93. The van der Waals surface area contributed by atoms with Crippen LogP contribution in [0, 0.1) is 0 Å². The molecular formula is C13H13F3N4O. The summed E-state index contributed by atoms with van der Waals surface area (Å²) in [6.45, 7) is 1.65. The van der Waals surface area contributed by atoms with Crippen LogP contribution in [0.3, 0.4) is 0 Å². The van der Waals surface area contributed by atoms with Gasteiger partial charge in [-0.15, -0.1) is 0 Å². The zero-order valence-corrected chi connectivity index (χ0v) is 11.0. The van der Waals surface area contributed by atoms with Crippen LogP contribution in [0.5, 0.6) is 0 Å². The average molecular weight is 298 g/mol. The fourth-order valence-electron chi connectivity index (χ4n) is 1.87. The summed E-state index contributed by atoms with van der Waals surface area (Å²) in [6.07, 6.45) is -1.51. The number of aromatic amines is 1. The highest BCUT2D eigenvalue weighted by Gasteiger charge is 2.34. The molecule has 2 aromatic rings. The maximum atomic E-state index is 12.8. The number of nitrogens with two attached hydrogens (primary N) is 1. The highest BCUT2D eigenvalue weighted by Crippen LogP contribution is 2.34. The Morgan fingerprint density at radius 3 is 2.71 bits per heavy atom. The minimum atomic E-state index is -4.60. The second kappa shape index (κ2) is 5.47. The zero-order chi connectivity index (χ0) is 15.6. The average Bonchev–Trinajstić information content (AvgIpc) is 2.91. The van der Waals surface area contributed by atoms with E-state index in [9.17, 15) is 18.0 Å². The number of amides is 1. The molecule has 0 saturated carbocycles. The summed E-state index contributed by atoms with van der Waals surface area (Å²) < 4.78 is 38.3. The van der Waals surface area contributed by atoms with Crippen molar-refractivity contribution in [3.05, 3.63) is 47.5 Å². The fraction of sp³-hybridized carbons (Fsp3) is 0.231. The first-order chi connectivity index (χ1) is 9.80. The number of carbonyl (C=O) groups is 1. The minimum absolute atomic E-state index is 0.219. The molecule has 8 heteroatoms.